The van der Waals surface area contributed by atoms with Crippen molar-refractivity contribution in [3.8, 4) is 0 Å². The van der Waals surface area contributed by atoms with Gasteiger partial charge in [0.05, 0.1) is 5.25 Å². The highest BCUT2D eigenvalue weighted by Crippen LogP contribution is 2.22. The highest BCUT2D eigenvalue weighted by atomic mass is 32.2. The van der Waals surface area contributed by atoms with Crippen LogP contribution >= 0.6 is 0 Å². The molecule has 0 aromatic carbocycles. The Hall–Kier alpha value is -0.760. The van der Waals surface area contributed by atoms with Crippen LogP contribution in [0.25, 0.3) is 0 Å². The van der Waals surface area contributed by atoms with Crippen LogP contribution in [0.5, 0.6) is 0 Å². The molecule has 110 valence electrons. The molecule has 0 atom stereocenters. The first-order chi connectivity index (χ1) is 8.87. The van der Waals surface area contributed by atoms with Crippen LogP contribution in [0.1, 0.15) is 44.9 Å². The highest BCUT2D eigenvalue weighted by molar-refractivity contribution is 7.93. The molecule has 0 amide bonds. The lowest BCUT2D eigenvalue weighted by atomic mass is 10.0. The molecule has 19 heavy (non-hydrogen) atoms. The summed E-state index contributed by atoms with van der Waals surface area (Å²) in [6.07, 6.45) is 6.79. The van der Waals surface area contributed by atoms with Gasteiger partial charge in [0.1, 0.15) is 5.88 Å². The van der Waals surface area contributed by atoms with Crippen molar-refractivity contribution in [2.75, 3.05) is 5.88 Å². The van der Waals surface area contributed by atoms with Gasteiger partial charge in [0, 0.05) is 0 Å². The fourth-order valence-corrected chi connectivity index (χ4v) is 4.84. The number of hydrogen-bond donors (Lipinski definition) is 1. The molecule has 1 rings (SSSR count). The molecular weight excluding hydrogens is 292 g/mol. The second-order valence-electron chi connectivity index (χ2n) is 4.58. The summed E-state index contributed by atoms with van der Waals surface area (Å²) >= 11 is 0. The molecule has 9 heteroatoms. The molecule has 1 aliphatic rings. The molecule has 0 saturated heterocycles. The van der Waals surface area contributed by atoms with Crippen LogP contribution in [0.4, 0.5) is 0 Å². The van der Waals surface area contributed by atoms with Gasteiger partial charge in [-0.25, -0.2) is 13.2 Å². The van der Waals surface area contributed by atoms with Gasteiger partial charge in [-0.15, -0.1) is 0 Å². The minimum atomic E-state index is -4.25. The van der Waals surface area contributed by atoms with Gasteiger partial charge in [0.2, 0.25) is 0 Å². The summed E-state index contributed by atoms with van der Waals surface area (Å²) in [5, 5.41) is -0.518. The van der Waals surface area contributed by atoms with Crippen molar-refractivity contribution in [3.05, 3.63) is 0 Å². The Morgan fingerprint density at radius 1 is 1.00 bits per heavy atom. The summed E-state index contributed by atoms with van der Waals surface area (Å²) in [6.45, 7) is 0. The van der Waals surface area contributed by atoms with Gasteiger partial charge in [-0.1, -0.05) is 36.5 Å². The van der Waals surface area contributed by atoms with E-state index < -0.39 is 31.2 Å². The predicted molar refractivity (Wildman–Crippen MR) is 70.1 cm³/mol. The third kappa shape index (κ3) is 5.82. The molecule has 0 heterocycles. The normalized spacial score (nSPS) is 19.2. The van der Waals surface area contributed by atoms with E-state index in [0.717, 1.165) is 38.2 Å². The monoisotopic (exact) mass is 310 g/mol. The second-order valence-corrected chi connectivity index (χ2v) is 8.28. The van der Waals surface area contributed by atoms with Gasteiger partial charge in [-0.2, -0.15) is 13.1 Å². The quantitative estimate of drug-likeness (QED) is 0.592. The molecule has 0 unspecified atom stereocenters. The van der Waals surface area contributed by atoms with Crippen LogP contribution in [0.15, 0.2) is 4.40 Å². The van der Waals surface area contributed by atoms with Gasteiger partial charge in [0.15, 0.2) is 9.84 Å². The summed E-state index contributed by atoms with van der Waals surface area (Å²) in [5.74, 6) is -0.717. The molecule has 0 aromatic heterocycles. The summed E-state index contributed by atoms with van der Waals surface area (Å²) in [4.78, 5) is 9.87. The summed E-state index contributed by atoms with van der Waals surface area (Å²) in [7, 11) is -7.80. The molecule has 1 saturated carbocycles. The van der Waals surface area contributed by atoms with Gasteiger partial charge in [0.25, 0.3) is 6.08 Å². The molecule has 0 aliphatic heterocycles. The lowest BCUT2D eigenvalue weighted by Crippen LogP contribution is -2.34. The average Bonchev–Trinajstić information content (AvgIpc) is 2.25. The lowest BCUT2D eigenvalue weighted by Gasteiger charge is -2.19. The number of hydrogen-bond acceptors (Lipinski definition) is 5. The standard InChI is InChI=1S/C10H18N2O5S2/c13-8-11-19(16,17)12-9-18(14,15)10-6-4-2-1-3-5-7-10/h10,12H,1-7,9H2. The van der Waals surface area contributed by atoms with Crippen molar-refractivity contribution < 1.29 is 21.6 Å². The molecular formula is C10H18N2O5S2. The van der Waals surface area contributed by atoms with E-state index in [2.05, 4.69) is 4.40 Å². The molecule has 0 aromatic rings. The smallest absolute Gasteiger partial charge is 0.227 e. The topological polar surface area (TPSA) is 110 Å². The molecule has 0 bridgehead atoms. The van der Waals surface area contributed by atoms with Gasteiger partial charge >= 0.3 is 10.2 Å². The van der Waals surface area contributed by atoms with Crippen LogP contribution in [0.3, 0.4) is 0 Å². The average molecular weight is 310 g/mol. The van der Waals surface area contributed by atoms with E-state index in [1.54, 1.807) is 4.72 Å². The van der Waals surface area contributed by atoms with Crippen molar-refractivity contribution in [2.24, 2.45) is 4.40 Å². The maximum absolute atomic E-state index is 12.0. The van der Waals surface area contributed by atoms with Crippen molar-refractivity contribution >= 4 is 26.1 Å². The first-order valence-electron chi connectivity index (χ1n) is 6.18. The Balaban J connectivity index is 2.66. The van der Waals surface area contributed by atoms with E-state index in [4.69, 9.17) is 0 Å². The van der Waals surface area contributed by atoms with Crippen molar-refractivity contribution in [2.45, 2.75) is 50.2 Å². The Bertz CT molecular complexity index is 526. The van der Waals surface area contributed by atoms with E-state index in [-0.39, 0.29) is 0 Å². The van der Waals surface area contributed by atoms with Gasteiger partial charge < -0.3 is 0 Å². The van der Waals surface area contributed by atoms with Crippen LogP contribution in [0, 0.1) is 0 Å². The summed E-state index contributed by atoms with van der Waals surface area (Å²) < 4.78 is 50.5. The Morgan fingerprint density at radius 3 is 2.05 bits per heavy atom. The van der Waals surface area contributed by atoms with Crippen LogP contribution in [-0.2, 0) is 24.8 Å². The van der Waals surface area contributed by atoms with E-state index in [1.165, 1.54) is 0 Å². The van der Waals surface area contributed by atoms with Crippen LogP contribution < -0.4 is 4.72 Å². The van der Waals surface area contributed by atoms with Crippen LogP contribution in [-0.4, -0.2) is 34.0 Å². The van der Waals surface area contributed by atoms with E-state index in [0.29, 0.717) is 12.8 Å². The molecule has 0 spiro atoms. The molecule has 1 aliphatic carbocycles. The van der Waals surface area contributed by atoms with Gasteiger partial charge in [-0.3, -0.25) is 0 Å². The molecule has 1 fully saturated rings. The number of rotatable bonds is 5. The number of carbonyl (C=O) groups excluding carboxylic acids is 1. The SMILES string of the molecule is O=C=NS(=O)(=O)NCS(=O)(=O)C1CCCCCCC1. The summed E-state index contributed by atoms with van der Waals surface area (Å²) in [6, 6.07) is 0. The molecule has 7 nitrogen and oxygen atoms in total. The highest BCUT2D eigenvalue weighted by Gasteiger charge is 2.27. The first-order valence-corrected chi connectivity index (χ1v) is 9.33. The lowest BCUT2D eigenvalue weighted by molar-refractivity contribution is 0.486. The number of isocyanates is 1. The van der Waals surface area contributed by atoms with E-state index in [9.17, 15) is 21.6 Å². The zero-order chi connectivity index (χ0) is 14.4. The third-order valence-electron chi connectivity index (χ3n) is 3.16. The Morgan fingerprint density at radius 2 is 1.53 bits per heavy atom. The Kier molecular flexibility index (Phi) is 6.12. The van der Waals surface area contributed by atoms with Crippen LogP contribution in [0.2, 0.25) is 0 Å². The minimum absolute atomic E-state index is 0.518. The number of nitrogens with zero attached hydrogens (tertiary/aromatic N) is 1. The maximum Gasteiger partial charge on any atom is 0.331 e. The zero-order valence-corrected chi connectivity index (χ0v) is 12.2. The maximum atomic E-state index is 12.0. The van der Waals surface area contributed by atoms with E-state index >= 15 is 0 Å². The molecule has 0 radical (unpaired) electrons. The van der Waals surface area contributed by atoms with Crippen molar-refractivity contribution in [1.29, 1.82) is 0 Å². The second kappa shape index (κ2) is 7.14. The summed E-state index contributed by atoms with van der Waals surface area (Å²) in [5.41, 5.74) is 0. The fraction of sp³-hybridized carbons (Fsp3) is 0.900. The van der Waals surface area contributed by atoms with E-state index in [1.807, 2.05) is 0 Å². The fourth-order valence-electron chi connectivity index (χ4n) is 2.13. The van der Waals surface area contributed by atoms with Crippen molar-refractivity contribution in [3.63, 3.8) is 0 Å². The number of nitrogens with one attached hydrogen (secondary N) is 1. The van der Waals surface area contributed by atoms with Crippen molar-refractivity contribution in [1.82, 2.24) is 4.72 Å². The largest absolute Gasteiger partial charge is 0.331 e. The third-order valence-corrected chi connectivity index (χ3v) is 6.20. The predicted octanol–water partition coefficient (Wildman–Crippen LogP) is 0.642. The minimum Gasteiger partial charge on any atom is -0.227 e. The first kappa shape index (κ1) is 16.3. The molecule has 1 N–H and O–H groups in total. The van der Waals surface area contributed by atoms with Gasteiger partial charge in [-0.05, 0) is 12.8 Å². The zero-order valence-electron chi connectivity index (χ0n) is 10.5. The number of sulfone groups is 1. The Labute approximate surface area is 113 Å².